The molecule has 0 unspecified atom stereocenters. The van der Waals surface area contributed by atoms with E-state index in [1.54, 1.807) is 12.1 Å². The fourth-order valence-electron chi connectivity index (χ4n) is 3.54. The quantitative estimate of drug-likeness (QED) is 0.633. The summed E-state index contributed by atoms with van der Waals surface area (Å²) < 4.78 is 0. The Morgan fingerprint density at radius 2 is 1.78 bits per heavy atom. The normalized spacial score (nSPS) is 17.1. The lowest BCUT2D eigenvalue weighted by atomic mass is 9.89. The van der Waals surface area contributed by atoms with Gasteiger partial charge in [-0.15, -0.1) is 0 Å². The molecule has 1 atom stereocenters. The van der Waals surface area contributed by atoms with Crippen LogP contribution < -0.4 is 5.32 Å². The number of benzene rings is 3. The van der Waals surface area contributed by atoms with E-state index in [9.17, 15) is 10.2 Å². The van der Waals surface area contributed by atoms with Crippen molar-refractivity contribution in [2.45, 2.75) is 18.9 Å². The largest absolute Gasteiger partial charge is 0.504 e. The van der Waals surface area contributed by atoms with Crippen molar-refractivity contribution in [1.82, 2.24) is 5.32 Å². The van der Waals surface area contributed by atoms with Gasteiger partial charge in [0.05, 0.1) is 0 Å². The fourth-order valence-corrected chi connectivity index (χ4v) is 3.54. The van der Waals surface area contributed by atoms with E-state index in [1.165, 1.54) is 16.7 Å². The molecule has 0 amide bonds. The summed E-state index contributed by atoms with van der Waals surface area (Å²) >= 11 is 0. The molecule has 1 heterocycles. The van der Waals surface area contributed by atoms with Crippen molar-refractivity contribution >= 4 is 10.8 Å². The second-order valence-electron chi connectivity index (χ2n) is 6.14. The van der Waals surface area contributed by atoms with Crippen LogP contribution >= 0.6 is 0 Å². The summed E-state index contributed by atoms with van der Waals surface area (Å²) in [7, 11) is 0. The van der Waals surface area contributed by atoms with Gasteiger partial charge in [-0.05, 0) is 59.0 Å². The smallest absolute Gasteiger partial charge is 0.158 e. The molecule has 0 spiro atoms. The van der Waals surface area contributed by atoms with Crippen LogP contribution in [-0.2, 0) is 12.8 Å². The molecular weight excluding hydrogens is 286 g/mol. The van der Waals surface area contributed by atoms with Crippen LogP contribution in [0.4, 0.5) is 0 Å². The van der Waals surface area contributed by atoms with Crippen LogP contribution in [0.5, 0.6) is 11.5 Å². The first-order chi connectivity index (χ1) is 11.2. The molecule has 116 valence electrons. The van der Waals surface area contributed by atoms with Crippen LogP contribution in [0.3, 0.4) is 0 Å². The van der Waals surface area contributed by atoms with Crippen molar-refractivity contribution in [3.63, 3.8) is 0 Å². The molecule has 3 aromatic rings. The van der Waals surface area contributed by atoms with Crippen molar-refractivity contribution in [1.29, 1.82) is 0 Å². The van der Waals surface area contributed by atoms with Crippen LogP contribution in [0, 0.1) is 0 Å². The van der Waals surface area contributed by atoms with E-state index >= 15 is 0 Å². The molecule has 0 bridgehead atoms. The first-order valence-electron chi connectivity index (χ1n) is 7.97. The molecule has 0 aliphatic carbocycles. The molecule has 3 aromatic carbocycles. The van der Waals surface area contributed by atoms with Gasteiger partial charge in [0.25, 0.3) is 0 Å². The lowest BCUT2D eigenvalue weighted by Crippen LogP contribution is -2.31. The molecule has 0 fully saturated rings. The third-order valence-corrected chi connectivity index (χ3v) is 4.71. The molecule has 3 heteroatoms. The van der Waals surface area contributed by atoms with Gasteiger partial charge in [0.2, 0.25) is 0 Å². The summed E-state index contributed by atoms with van der Waals surface area (Å²) in [6, 6.07) is 18.2. The van der Waals surface area contributed by atoms with Crippen molar-refractivity contribution in [3.05, 3.63) is 71.3 Å². The van der Waals surface area contributed by atoms with Crippen LogP contribution in [0.25, 0.3) is 10.8 Å². The zero-order valence-corrected chi connectivity index (χ0v) is 12.8. The number of rotatable bonds is 2. The Balaban J connectivity index is 1.75. The Morgan fingerprint density at radius 1 is 0.957 bits per heavy atom. The van der Waals surface area contributed by atoms with Gasteiger partial charge in [-0.2, -0.15) is 0 Å². The second kappa shape index (κ2) is 5.60. The molecule has 3 nitrogen and oxygen atoms in total. The molecule has 23 heavy (non-hydrogen) atoms. The molecule has 4 rings (SSSR count). The predicted molar refractivity (Wildman–Crippen MR) is 91.9 cm³/mol. The zero-order chi connectivity index (χ0) is 15.8. The molecule has 1 aliphatic heterocycles. The number of hydrogen-bond acceptors (Lipinski definition) is 3. The maximum atomic E-state index is 9.84. The molecule has 3 N–H and O–H groups in total. The monoisotopic (exact) mass is 305 g/mol. The summed E-state index contributed by atoms with van der Waals surface area (Å²) in [6.07, 6.45) is 1.93. The van der Waals surface area contributed by atoms with Gasteiger partial charge in [0.1, 0.15) is 0 Å². The highest BCUT2D eigenvalue weighted by atomic mass is 16.3. The van der Waals surface area contributed by atoms with E-state index in [-0.39, 0.29) is 17.5 Å². The Kier molecular flexibility index (Phi) is 3.43. The maximum Gasteiger partial charge on any atom is 0.158 e. The van der Waals surface area contributed by atoms with Gasteiger partial charge < -0.3 is 15.5 Å². The summed E-state index contributed by atoms with van der Waals surface area (Å²) in [6.45, 7) is 0.985. The van der Waals surface area contributed by atoms with Crippen LogP contribution in [-0.4, -0.2) is 16.8 Å². The van der Waals surface area contributed by atoms with Crippen molar-refractivity contribution in [3.8, 4) is 11.5 Å². The minimum absolute atomic E-state index is 0.0676. The highest BCUT2D eigenvalue weighted by Crippen LogP contribution is 2.34. The van der Waals surface area contributed by atoms with Gasteiger partial charge >= 0.3 is 0 Å². The van der Waals surface area contributed by atoms with E-state index in [2.05, 4.69) is 35.6 Å². The topological polar surface area (TPSA) is 52.5 Å². The van der Waals surface area contributed by atoms with Gasteiger partial charge in [-0.25, -0.2) is 0 Å². The summed E-state index contributed by atoms with van der Waals surface area (Å²) in [5.74, 6) is -0.141. The molecule has 0 saturated carbocycles. The number of nitrogens with one attached hydrogen (secondary N) is 1. The molecule has 1 aliphatic rings. The van der Waals surface area contributed by atoms with Gasteiger partial charge in [-0.3, -0.25) is 0 Å². The average molecular weight is 305 g/mol. The predicted octanol–water partition coefficient (Wildman–Crippen LogP) is 3.68. The second-order valence-corrected chi connectivity index (χ2v) is 6.14. The lowest BCUT2D eigenvalue weighted by molar-refractivity contribution is 0.405. The third kappa shape index (κ3) is 2.53. The first kappa shape index (κ1) is 14.1. The minimum Gasteiger partial charge on any atom is -0.504 e. The maximum absolute atomic E-state index is 9.84. The van der Waals surface area contributed by atoms with E-state index in [1.807, 2.05) is 12.1 Å². The Hall–Kier alpha value is -2.52. The highest BCUT2D eigenvalue weighted by Gasteiger charge is 2.20. The summed E-state index contributed by atoms with van der Waals surface area (Å²) in [5, 5.41) is 25.1. The number of fused-ring (bicyclic) bond motifs is 2. The molecular formula is C20H19NO2. The Morgan fingerprint density at radius 3 is 2.70 bits per heavy atom. The van der Waals surface area contributed by atoms with Gasteiger partial charge in [0.15, 0.2) is 11.5 Å². The summed E-state index contributed by atoms with van der Waals surface area (Å²) in [4.78, 5) is 0. The van der Waals surface area contributed by atoms with Crippen molar-refractivity contribution in [2.75, 3.05) is 6.54 Å². The summed E-state index contributed by atoms with van der Waals surface area (Å²) in [5.41, 5.74) is 3.95. The van der Waals surface area contributed by atoms with Crippen molar-refractivity contribution < 1.29 is 10.2 Å². The third-order valence-electron chi connectivity index (χ3n) is 4.71. The van der Waals surface area contributed by atoms with Crippen LogP contribution in [0.2, 0.25) is 0 Å². The number of phenolic OH excluding ortho intramolecular Hbond substituents is 2. The number of aromatic hydroxyl groups is 2. The lowest BCUT2D eigenvalue weighted by Gasteiger charge is -2.27. The van der Waals surface area contributed by atoms with E-state index in [0.717, 1.165) is 30.2 Å². The molecule has 0 saturated heterocycles. The zero-order valence-electron chi connectivity index (χ0n) is 12.8. The van der Waals surface area contributed by atoms with Gasteiger partial charge in [-0.1, -0.05) is 42.5 Å². The molecule has 0 aromatic heterocycles. The van der Waals surface area contributed by atoms with E-state index in [4.69, 9.17) is 0 Å². The van der Waals surface area contributed by atoms with E-state index < -0.39 is 0 Å². The average Bonchev–Trinajstić information content (AvgIpc) is 2.57. The highest BCUT2D eigenvalue weighted by molar-refractivity contribution is 5.88. The number of phenols is 2. The van der Waals surface area contributed by atoms with Gasteiger partial charge in [0, 0.05) is 6.04 Å². The van der Waals surface area contributed by atoms with Crippen LogP contribution in [0.1, 0.15) is 22.7 Å². The fraction of sp³-hybridized carbons (Fsp3) is 0.200. The molecule has 0 radical (unpaired) electrons. The SMILES string of the molecule is Oc1cc2cccc(C[C@H]3NCCc4ccccc43)c2cc1O. The first-order valence-corrected chi connectivity index (χ1v) is 7.97. The Labute approximate surface area is 135 Å². The Bertz CT molecular complexity index is 873. The minimum atomic E-state index is -0.0733. The van der Waals surface area contributed by atoms with Crippen LogP contribution in [0.15, 0.2) is 54.6 Å². The van der Waals surface area contributed by atoms with E-state index in [0.29, 0.717) is 0 Å². The standard InChI is InChI=1S/C20H19NO2/c22-19-11-15-6-3-5-14(17(15)12-20(19)23)10-18-16-7-2-1-4-13(16)8-9-21-18/h1-7,11-12,18,21-23H,8-10H2/t18-/m1/s1. The number of hydrogen-bond donors (Lipinski definition) is 3. The van der Waals surface area contributed by atoms with Crippen molar-refractivity contribution in [2.24, 2.45) is 0 Å².